The van der Waals surface area contributed by atoms with Gasteiger partial charge < -0.3 is 16.6 Å². The van der Waals surface area contributed by atoms with Gasteiger partial charge in [-0.15, -0.1) is 0 Å². The molecule has 6 nitrogen and oxygen atoms in total. The molecule has 0 radical (unpaired) electrons. The monoisotopic (exact) mass is 279 g/mol. The summed E-state index contributed by atoms with van der Waals surface area (Å²) in [7, 11) is 0. The van der Waals surface area contributed by atoms with Crippen LogP contribution in [0, 0.1) is 0 Å². The van der Waals surface area contributed by atoms with Crippen molar-refractivity contribution in [3.05, 3.63) is 48.7 Å². The molecule has 0 aliphatic heterocycles. The quantitative estimate of drug-likeness (QED) is 0.662. The Morgan fingerprint density at radius 3 is 2.52 bits per heavy atom. The van der Waals surface area contributed by atoms with E-state index in [9.17, 15) is 5.11 Å². The molecule has 2 aromatic heterocycles. The van der Waals surface area contributed by atoms with Crippen LogP contribution in [0.2, 0.25) is 0 Å². The zero-order valence-corrected chi connectivity index (χ0v) is 11.1. The van der Waals surface area contributed by atoms with Crippen LogP contribution in [0.5, 0.6) is 5.75 Å². The molecule has 0 saturated heterocycles. The standard InChI is InChI=1S/C15H13N5O/c16-14-3-1-2-11(19-14)9-4-5-13(21)10(8-9)12-6-7-18-15(17)20-12/h1-8,21H,(H2,16,19)(H2,17,18,20). The lowest BCUT2D eigenvalue weighted by atomic mass is 10.0. The molecule has 0 fully saturated rings. The molecule has 104 valence electrons. The van der Waals surface area contributed by atoms with Crippen LogP contribution in [0.4, 0.5) is 11.8 Å². The highest BCUT2D eigenvalue weighted by Gasteiger charge is 2.09. The van der Waals surface area contributed by atoms with E-state index in [4.69, 9.17) is 11.5 Å². The maximum Gasteiger partial charge on any atom is 0.220 e. The number of aromatic nitrogens is 3. The molecule has 0 aliphatic carbocycles. The number of pyridine rings is 1. The third kappa shape index (κ3) is 2.59. The van der Waals surface area contributed by atoms with Crippen molar-refractivity contribution < 1.29 is 5.11 Å². The van der Waals surface area contributed by atoms with Crippen molar-refractivity contribution in [1.29, 1.82) is 0 Å². The molecule has 0 bridgehead atoms. The molecular weight excluding hydrogens is 266 g/mol. The Bertz CT molecular complexity index is 804. The summed E-state index contributed by atoms with van der Waals surface area (Å²) < 4.78 is 0. The Morgan fingerprint density at radius 1 is 0.905 bits per heavy atom. The molecule has 6 heteroatoms. The first-order chi connectivity index (χ1) is 10.1. The van der Waals surface area contributed by atoms with Crippen molar-refractivity contribution in [2.24, 2.45) is 0 Å². The molecular formula is C15H13N5O. The number of phenols is 1. The molecule has 21 heavy (non-hydrogen) atoms. The normalized spacial score (nSPS) is 10.5. The van der Waals surface area contributed by atoms with Crippen LogP contribution in [-0.4, -0.2) is 20.1 Å². The molecule has 0 saturated carbocycles. The van der Waals surface area contributed by atoms with E-state index in [2.05, 4.69) is 15.0 Å². The Kier molecular flexibility index (Phi) is 3.12. The number of hydrogen-bond acceptors (Lipinski definition) is 6. The lowest BCUT2D eigenvalue weighted by Gasteiger charge is -2.08. The summed E-state index contributed by atoms with van der Waals surface area (Å²) in [6.07, 6.45) is 1.54. The fourth-order valence-corrected chi connectivity index (χ4v) is 2.04. The molecule has 0 spiro atoms. The van der Waals surface area contributed by atoms with Gasteiger partial charge >= 0.3 is 0 Å². The van der Waals surface area contributed by atoms with Crippen molar-refractivity contribution in [2.75, 3.05) is 11.5 Å². The number of aromatic hydroxyl groups is 1. The average molecular weight is 279 g/mol. The minimum atomic E-state index is 0.112. The summed E-state index contributed by atoms with van der Waals surface area (Å²) in [5.41, 5.74) is 13.9. The predicted molar refractivity (Wildman–Crippen MR) is 81.2 cm³/mol. The van der Waals surface area contributed by atoms with Crippen LogP contribution in [-0.2, 0) is 0 Å². The molecule has 1 aromatic carbocycles. The molecule has 2 heterocycles. The fourth-order valence-electron chi connectivity index (χ4n) is 2.04. The minimum absolute atomic E-state index is 0.112. The van der Waals surface area contributed by atoms with E-state index in [-0.39, 0.29) is 11.7 Å². The SMILES string of the molecule is Nc1cccc(-c2ccc(O)c(-c3ccnc(N)n3)c2)n1. The van der Waals surface area contributed by atoms with Crippen LogP contribution in [0.25, 0.3) is 22.5 Å². The molecule has 0 unspecified atom stereocenters. The van der Waals surface area contributed by atoms with Gasteiger partial charge in [0.15, 0.2) is 0 Å². The van der Waals surface area contributed by atoms with Gasteiger partial charge in [-0.25, -0.2) is 15.0 Å². The van der Waals surface area contributed by atoms with E-state index in [1.807, 2.05) is 12.1 Å². The molecule has 5 N–H and O–H groups in total. The molecule has 3 aromatic rings. The maximum absolute atomic E-state index is 10.0. The van der Waals surface area contributed by atoms with Crippen LogP contribution in [0.3, 0.4) is 0 Å². The zero-order valence-electron chi connectivity index (χ0n) is 11.1. The second-order valence-electron chi connectivity index (χ2n) is 4.48. The van der Waals surface area contributed by atoms with E-state index in [0.717, 1.165) is 11.3 Å². The summed E-state index contributed by atoms with van der Waals surface area (Å²) in [6, 6.07) is 12.2. The molecule has 3 rings (SSSR count). The number of phenolic OH excluding ortho intramolecular Hbond substituents is 1. The third-order valence-corrected chi connectivity index (χ3v) is 3.01. The van der Waals surface area contributed by atoms with Gasteiger partial charge in [0.2, 0.25) is 5.95 Å². The highest BCUT2D eigenvalue weighted by atomic mass is 16.3. The lowest BCUT2D eigenvalue weighted by Crippen LogP contribution is -1.96. The smallest absolute Gasteiger partial charge is 0.220 e. The van der Waals surface area contributed by atoms with E-state index >= 15 is 0 Å². The van der Waals surface area contributed by atoms with Crippen molar-refractivity contribution in [2.45, 2.75) is 0 Å². The number of rotatable bonds is 2. The number of nitrogens with two attached hydrogens (primary N) is 2. The first-order valence-corrected chi connectivity index (χ1v) is 6.28. The third-order valence-electron chi connectivity index (χ3n) is 3.01. The maximum atomic E-state index is 10.0. The van der Waals surface area contributed by atoms with Crippen LogP contribution < -0.4 is 11.5 Å². The summed E-state index contributed by atoms with van der Waals surface area (Å²) in [5.74, 6) is 0.702. The average Bonchev–Trinajstić information content (AvgIpc) is 2.47. The van der Waals surface area contributed by atoms with E-state index in [0.29, 0.717) is 17.1 Å². The first kappa shape index (κ1) is 12.9. The Hall–Kier alpha value is -3.15. The van der Waals surface area contributed by atoms with Crippen molar-refractivity contribution in [3.63, 3.8) is 0 Å². The highest BCUT2D eigenvalue weighted by Crippen LogP contribution is 2.32. The summed E-state index contributed by atoms with van der Waals surface area (Å²) in [5, 5.41) is 10.0. The predicted octanol–water partition coefficient (Wildman–Crippen LogP) is 2.08. The number of hydrogen-bond donors (Lipinski definition) is 3. The first-order valence-electron chi connectivity index (χ1n) is 6.28. The Balaban J connectivity index is 2.12. The fraction of sp³-hybridized carbons (Fsp3) is 0. The van der Waals surface area contributed by atoms with E-state index < -0.39 is 0 Å². The number of anilines is 2. The van der Waals surface area contributed by atoms with Crippen molar-refractivity contribution >= 4 is 11.8 Å². The van der Waals surface area contributed by atoms with Crippen molar-refractivity contribution in [3.8, 4) is 28.3 Å². The van der Waals surface area contributed by atoms with E-state index in [1.54, 1.807) is 36.5 Å². The van der Waals surface area contributed by atoms with Crippen LogP contribution in [0.1, 0.15) is 0 Å². The van der Waals surface area contributed by atoms with E-state index in [1.165, 1.54) is 0 Å². The van der Waals surface area contributed by atoms with Gasteiger partial charge in [-0.05, 0) is 36.4 Å². The van der Waals surface area contributed by atoms with Crippen molar-refractivity contribution in [1.82, 2.24) is 15.0 Å². The van der Waals surface area contributed by atoms with Gasteiger partial charge in [-0.2, -0.15) is 0 Å². The minimum Gasteiger partial charge on any atom is -0.507 e. The topological polar surface area (TPSA) is 111 Å². The van der Waals surface area contributed by atoms with Gasteiger partial charge in [0.25, 0.3) is 0 Å². The van der Waals surface area contributed by atoms with Gasteiger partial charge in [-0.1, -0.05) is 6.07 Å². The molecule has 0 amide bonds. The highest BCUT2D eigenvalue weighted by molar-refractivity contribution is 5.74. The largest absolute Gasteiger partial charge is 0.507 e. The van der Waals surface area contributed by atoms with Gasteiger partial charge in [0.05, 0.1) is 11.4 Å². The summed E-state index contributed by atoms with van der Waals surface area (Å²) in [6.45, 7) is 0. The summed E-state index contributed by atoms with van der Waals surface area (Å²) >= 11 is 0. The second-order valence-corrected chi connectivity index (χ2v) is 4.48. The number of nitrogen functional groups attached to an aromatic ring is 2. The zero-order chi connectivity index (χ0) is 14.8. The van der Waals surface area contributed by atoms with Gasteiger partial charge in [0, 0.05) is 17.3 Å². The van der Waals surface area contributed by atoms with Crippen LogP contribution in [0.15, 0.2) is 48.7 Å². The van der Waals surface area contributed by atoms with Crippen LogP contribution >= 0.6 is 0 Å². The number of benzene rings is 1. The van der Waals surface area contributed by atoms with Gasteiger partial charge in [-0.3, -0.25) is 0 Å². The Morgan fingerprint density at radius 2 is 1.76 bits per heavy atom. The Labute approximate surface area is 121 Å². The lowest BCUT2D eigenvalue weighted by molar-refractivity contribution is 0.477. The summed E-state index contributed by atoms with van der Waals surface area (Å²) in [4.78, 5) is 12.2. The molecule has 0 aliphatic rings. The number of nitrogens with zero attached hydrogens (tertiary/aromatic N) is 3. The second kappa shape index (κ2) is 5.09. The molecule has 0 atom stereocenters. The van der Waals surface area contributed by atoms with Gasteiger partial charge in [0.1, 0.15) is 11.6 Å².